The first-order valence-electron chi connectivity index (χ1n) is 6.16. The molecule has 0 aromatic carbocycles. The maximum atomic E-state index is 5.36. The number of methoxy groups -OCH3 is 1. The minimum Gasteiger partial charge on any atom is -0.381 e. The second-order valence-electron chi connectivity index (χ2n) is 4.53. The Hall–Kier alpha value is -0.910. The molecule has 0 unspecified atom stereocenters. The van der Waals surface area contributed by atoms with E-state index in [1.54, 1.807) is 7.11 Å². The lowest BCUT2D eigenvalue weighted by Gasteiger charge is -2.30. The molecule has 0 amide bonds. The summed E-state index contributed by atoms with van der Waals surface area (Å²) in [4.78, 5) is 2.39. The molecule has 0 atom stereocenters. The van der Waals surface area contributed by atoms with Gasteiger partial charge >= 0.3 is 0 Å². The standard InChI is InChI=1S/C12H21N3O2/c1-13-8-10-7-12(17-14-10)9-15-5-3-11(16-2)4-6-15/h7,11,13H,3-6,8-9H2,1-2H3. The zero-order valence-corrected chi connectivity index (χ0v) is 10.6. The Kier molecular flexibility index (Phi) is 4.53. The summed E-state index contributed by atoms with van der Waals surface area (Å²) in [6.07, 6.45) is 2.64. The molecule has 0 radical (unpaired) electrons. The lowest BCUT2D eigenvalue weighted by molar-refractivity contribution is 0.0364. The smallest absolute Gasteiger partial charge is 0.151 e. The summed E-state index contributed by atoms with van der Waals surface area (Å²) in [5.74, 6) is 0.950. The molecule has 5 nitrogen and oxygen atoms in total. The van der Waals surface area contributed by atoms with Gasteiger partial charge in [0.2, 0.25) is 0 Å². The molecule has 0 saturated carbocycles. The monoisotopic (exact) mass is 239 g/mol. The van der Waals surface area contributed by atoms with Crippen molar-refractivity contribution in [1.82, 2.24) is 15.4 Å². The van der Waals surface area contributed by atoms with Crippen LogP contribution in [0.15, 0.2) is 10.6 Å². The molecule has 1 aliphatic rings. The fraction of sp³-hybridized carbons (Fsp3) is 0.750. The molecule has 1 aromatic heterocycles. The van der Waals surface area contributed by atoms with Gasteiger partial charge in [-0.15, -0.1) is 0 Å². The maximum absolute atomic E-state index is 5.36. The Morgan fingerprint density at radius 1 is 1.53 bits per heavy atom. The van der Waals surface area contributed by atoms with Crippen LogP contribution in [0.25, 0.3) is 0 Å². The number of hydrogen-bond acceptors (Lipinski definition) is 5. The number of nitrogens with one attached hydrogen (secondary N) is 1. The number of hydrogen-bond donors (Lipinski definition) is 1. The third-order valence-electron chi connectivity index (χ3n) is 3.21. The van der Waals surface area contributed by atoms with Crippen molar-refractivity contribution in [2.75, 3.05) is 27.2 Å². The summed E-state index contributed by atoms with van der Waals surface area (Å²) in [6.45, 7) is 3.75. The van der Waals surface area contributed by atoms with Crippen LogP contribution in [0.5, 0.6) is 0 Å². The Bertz CT molecular complexity index is 332. The van der Waals surface area contributed by atoms with E-state index in [2.05, 4.69) is 15.4 Å². The quantitative estimate of drug-likeness (QED) is 0.831. The van der Waals surface area contributed by atoms with Crippen LogP contribution in [0, 0.1) is 0 Å². The van der Waals surface area contributed by atoms with Crippen LogP contribution in [0.4, 0.5) is 0 Å². The predicted octanol–water partition coefficient (Wildman–Crippen LogP) is 1.00. The Morgan fingerprint density at radius 3 is 2.94 bits per heavy atom. The van der Waals surface area contributed by atoms with E-state index < -0.39 is 0 Å². The summed E-state index contributed by atoms with van der Waals surface area (Å²) in [6, 6.07) is 2.03. The van der Waals surface area contributed by atoms with Crippen LogP contribution in [-0.2, 0) is 17.8 Å². The summed E-state index contributed by atoms with van der Waals surface area (Å²) >= 11 is 0. The molecule has 2 rings (SSSR count). The number of nitrogens with zero attached hydrogens (tertiary/aromatic N) is 2. The van der Waals surface area contributed by atoms with Crippen LogP contribution < -0.4 is 5.32 Å². The van der Waals surface area contributed by atoms with Crippen molar-refractivity contribution in [2.45, 2.75) is 32.0 Å². The molecule has 0 aliphatic carbocycles. The molecule has 1 aromatic rings. The normalized spacial score (nSPS) is 18.7. The van der Waals surface area contributed by atoms with Gasteiger partial charge in [0, 0.05) is 32.8 Å². The average Bonchev–Trinajstić information content (AvgIpc) is 2.78. The molecule has 5 heteroatoms. The highest BCUT2D eigenvalue weighted by Crippen LogP contribution is 2.16. The van der Waals surface area contributed by atoms with Crippen molar-refractivity contribution < 1.29 is 9.26 Å². The van der Waals surface area contributed by atoms with E-state index in [4.69, 9.17) is 9.26 Å². The molecule has 1 aliphatic heterocycles. The van der Waals surface area contributed by atoms with Crippen LogP contribution in [0.2, 0.25) is 0 Å². The molecule has 2 heterocycles. The lowest BCUT2D eigenvalue weighted by Crippen LogP contribution is -2.36. The molecule has 1 saturated heterocycles. The van der Waals surface area contributed by atoms with Gasteiger partial charge in [-0.25, -0.2) is 0 Å². The lowest BCUT2D eigenvalue weighted by atomic mass is 10.1. The number of likely N-dealkylation sites (tertiary alicyclic amines) is 1. The molecular formula is C12H21N3O2. The number of aromatic nitrogens is 1. The molecule has 1 N–H and O–H groups in total. The Balaban J connectivity index is 1.80. The maximum Gasteiger partial charge on any atom is 0.151 e. The topological polar surface area (TPSA) is 50.5 Å². The van der Waals surface area contributed by atoms with Gasteiger partial charge in [-0.2, -0.15) is 0 Å². The van der Waals surface area contributed by atoms with E-state index in [0.717, 1.165) is 50.5 Å². The van der Waals surface area contributed by atoms with Gasteiger partial charge in [0.25, 0.3) is 0 Å². The van der Waals surface area contributed by atoms with Crippen LogP contribution in [-0.4, -0.2) is 43.4 Å². The van der Waals surface area contributed by atoms with Crippen LogP contribution in [0.1, 0.15) is 24.3 Å². The largest absolute Gasteiger partial charge is 0.381 e. The fourth-order valence-corrected chi connectivity index (χ4v) is 2.22. The van der Waals surface area contributed by atoms with E-state index in [-0.39, 0.29) is 0 Å². The first-order chi connectivity index (χ1) is 8.31. The molecule has 0 bridgehead atoms. The SMILES string of the molecule is CNCc1cc(CN2CCC(OC)CC2)on1. The second kappa shape index (κ2) is 6.14. The fourth-order valence-electron chi connectivity index (χ4n) is 2.22. The summed E-state index contributed by atoms with van der Waals surface area (Å²) in [7, 11) is 3.70. The summed E-state index contributed by atoms with van der Waals surface area (Å²) in [5, 5.41) is 7.08. The highest BCUT2D eigenvalue weighted by molar-refractivity contribution is 5.05. The van der Waals surface area contributed by atoms with Gasteiger partial charge in [0.05, 0.1) is 18.3 Å². The highest BCUT2D eigenvalue weighted by Gasteiger charge is 2.19. The van der Waals surface area contributed by atoms with Crippen LogP contribution in [0.3, 0.4) is 0 Å². The van der Waals surface area contributed by atoms with Gasteiger partial charge in [-0.1, -0.05) is 5.16 Å². The highest BCUT2D eigenvalue weighted by atomic mass is 16.5. The van der Waals surface area contributed by atoms with Crippen molar-refractivity contribution in [1.29, 1.82) is 0 Å². The molecule has 0 spiro atoms. The molecule has 1 fully saturated rings. The summed E-state index contributed by atoms with van der Waals surface area (Å²) < 4.78 is 10.7. The number of rotatable bonds is 5. The van der Waals surface area contributed by atoms with Crippen molar-refractivity contribution in [3.63, 3.8) is 0 Å². The van der Waals surface area contributed by atoms with Crippen molar-refractivity contribution in [2.24, 2.45) is 0 Å². The summed E-state index contributed by atoms with van der Waals surface area (Å²) in [5.41, 5.74) is 0.967. The predicted molar refractivity (Wildman–Crippen MR) is 64.6 cm³/mol. The molecule has 17 heavy (non-hydrogen) atoms. The third kappa shape index (κ3) is 3.52. The van der Waals surface area contributed by atoms with Gasteiger partial charge in [-0.05, 0) is 19.9 Å². The zero-order valence-electron chi connectivity index (χ0n) is 10.6. The van der Waals surface area contributed by atoms with Gasteiger partial charge in [0.15, 0.2) is 5.76 Å². The first-order valence-corrected chi connectivity index (χ1v) is 6.16. The van der Waals surface area contributed by atoms with Crippen molar-refractivity contribution in [3.8, 4) is 0 Å². The van der Waals surface area contributed by atoms with Gasteiger partial charge in [0.1, 0.15) is 0 Å². The van der Waals surface area contributed by atoms with E-state index in [0.29, 0.717) is 6.10 Å². The zero-order chi connectivity index (χ0) is 12.1. The third-order valence-corrected chi connectivity index (χ3v) is 3.21. The molecular weight excluding hydrogens is 218 g/mol. The average molecular weight is 239 g/mol. The van der Waals surface area contributed by atoms with Crippen LogP contribution >= 0.6 is 0 Å². The number of ether oxygens (including phenoxy) is 1. The second-order valence-corrected chi connectivity index (χ2v) is 4.53. The van der Waals surface area contributed by atoms with E-state index in [1.807, 2.05) is 13.1 Å². The van der Waals surface area contributed by atoms with E-state index in [9.17, 15) is 0 Å². The Labute approximate surface area is 102 Å². The van der Waals surface area contributed by atoms with Crippen molar-refractivity contribution >= 4 is 0 Å². The van der Waals surface area contributed by atoms with Gasteiger partial charge < -0.3 is 14.6 Å². The van der Waals surface area contributed by atoms with E-state index >= 15 is 0 Å². The van der Waals surface area contributed by atoms with Crippen molar-refractivity contribution in [3.05, 3.63) is 17.5 Å². The minimum absolute atomic E-state index is 0.431. The number of piperidine rings is 1. The minimum atomic E-state index is 0.431. The van der Waals surface area contributed by atoms with E-state index in [1.165, 1.54) is 0 Å². The molecule has 96 valence electrons. The van der Waals surface area contributed by atoms with Gasteiger partial charge in [-0.3, -0.25) is 4.90 Å². The Morgan fingerprint density at radius 2 is 2.29 bits per heavy atom. The first kappa shape index (κ1) is 12.5.